The van der Waals surface area contributed by atoms with Gasteiger partial charge in [0.05, 0.1) is 17.8 Å². The maximum absolute atomic E-state index is 13.2. The molecule has 0 N–H and O–H groups in total. The summed E-state index contributed by atoms with van der Waals surface area (Å²) < 4.78 is 41.4. The van der Waals surface area contributed by atoms with E-state index in [0.717, 1.165) is 24.7 Å². The third kappa shape index (κ3) is 3.04. The van der Waals surface area contributed by atoms with Crippen LogP contribution in [0.15, 0.2) is 30.5 Å². The highest BCUT2D eigenvalue weighted by atomic mass is 19.4. The van der Waals surface area contributed by atoms with Crippen LogP contribution < -0.4 is 0 Å². The summed E-state index contributed by atoms with van der Waals surface area (Å²) in [6.45, 7) is 2.38. The summed E-state index contributed by atoms with van der Waals surface area (Å²) in [6, 6.07) is 5.99. The number of aryl methyl sites for hydroxylation is 1. The summed E-state index contributed by atoms with van der Waals surface area (Å²) in [6.07, 6.45) is -1.61. The van der Waals surface area contributed by atoms with Gasteiger partial charge in [-0.2, -0.15) is 18.3 Å². The molecule has 0 unspecified atom stereocenters. The molecule has 4 rings (SSSR count). The van der Waals surface area contributed by atoms with Gasteiger partial charge in [0.25, 0.3) is 0 Å². The maximum atomic E-state index is 13.2. The van der Waals surface area contributed by atoms with Crippen molar-refractivity contribution in [1.82, 2.24) is 19.6 Å². The molecule has 0 saturated heterocycles. The molecule has 1 aromatic heterocycles. The molecule has 138 valence electrons. The van der Waals surface area contributed by atoms with Gasteiger partial charge in [0.2, 0.25) is 0 Å². The molecule has 0 spiro atoms. The van der Waals surface area contributed by atoms with E-state index in [-0.39, 0.29) is 19.0 Å². The lowest BCUT2D eigenvalue weighted by molar-refractivity contribution is -0.138. The van der Waals surface area contributed by atoms with Crippen molar-refractivity contribution in [1.29, 1.82) is 0 Å². The Morgan fingerprint density at radius 2 is 1.85 bits per heavy atom. The highest BCUT2D eigenvalue weighted by Gasteiger charge is 2.36. The third-order valence-electron chi connectivity index (χ3n) is 5.07. The molecule has 0 bridgehead atoms. The summed E-state index contributed by atoms with van der Waals surface area (Å²) in [5, 5.41) is 4.24. The Labute approximate surface area is 149 Å². The number of hydrogen-bond acceptors (Lipinski definition) is 2. The highest BCUT2D eigenvalue weighted by molar-refractivity contribution is 5.75. The fraction of sp³-hybridized carbons (Fsp3) is 0.444. The van der Waals surface area contributed by atoms with Crippen LogP contribution in [0.4, 0.5) is 18.0 Å². The smallest absolute Gasteiger partial charge is 0.320 e. The van der Waals surface area contributed by atoms with Gasteiger partial charge < -0.3 is 9.80 Å². The van der Waals surface area contributed by atoms with E-state index in [4.69, 9.17) is 0 Å². The summed E-state index contributed by atoms with van der Waals surface area (Å²) in [5.41, 5.74) is 1.30. The second-order valence-corrected chi connectivity index (χ2v) is 6.72. The molecule has 1 aromatic carbocycles. The molecule has 0 aliphatic carbocycles. The molecule has 3 heterocycles. The minimum absolute atomic E-state index is 0.122. The normalized spacial score (nSPS) is 17.5. The molecule has 0 radical (unpaired) electrons. The number of nitrogens with zero attached hydrogens (tertiary/aromatic N) is 4. The Hall–Kier alpha value is -2.51. The number of halogens is 3. The number of alkyl halides is 3. The Bertz CT molecular complexity index is 830. The first-order chi connectivity index (χ1) is 12.4. The second-order valence-electron chi connectivity index (χ2n) is 6.72. The molecular weight excluding hydrogens is 345 g/mol. The van der Waals surface area contributed by atoms with Gasteiger partial charge in [-0.05, 0) is 36.1 Å². The van der Waals surface area contributed by atoms with Gasteiger partial charge in [-0.1, -0.05) is 12.1 Å². The van der Waals surface area contributed by atoms with Crippen molar-refractivity contribution in [2.75, 3.05) is 13.1 Å². The third-order valence-corrected chi connectivity index (χ3v) is 5.07. The van der Waals surface area contributed by atoms with Crippen molar-refractivity contribution in [2.24, 2.45) is 0 Å². The van der Waals surface area contributed by atoms with Gasteiger partial charge in [-0.3, -0.25) is 4.68 Å². The number of carbonyl (C=O) groups is 1. The van der Waals surface area contributed by atoms with Gasteiger partial charge >= 0.3 is 12.2 Å². The number of carbonyl (C=O) groups excluding carboxylic acids is 1. The number of urea groups is 1. The molecule has 0 fully saturated rings. The zero-order chi connectivity index (χ0) is 18.3. The van der Waals surface area contributed by atoms with E-state index < -0.39 is 11.7 Å². The van der Waals surface area contributed by atoms with Crippen molar-refractivity contribution in [3.8, 4) is 0 Å². The predicted molar refractivity (Wildman–Crippen MR) is 88.2 cm³/mol. The van der Waals surface area contributed by atoms with Crippen LogP contribution in [-0.4, -0.2) is 38.7 Å². The van der Waals surface area contributed by atoms with Crippen LogP contribution in [0.2, 0.25) is 0 Å². The standard InChI is InChI=1S/C18H19F3N4O/c19-18(20,21)16-4-1-3-13-11-24(10-6-15(13)16)17(26)23-8-2-9-25-14(12-23)5-7-22-25/h1,3-5,7H,2,6,8-12H2. The minimum atomic E-state index is -4.36. The quantitative estimate of drug-likeness (QED) is 0.720. The molecular formula is C18H19F3N4O. The first-order valence-electron chi connectivity index (χ1n) is 8.66. The van der Waals surface area contributed by atoms with Crippen LogP contribution in [0, 0.1) is 0 Å². The van der Waals surface area contributed by atoms with Crippen LogP contribution >= 0.6 is 0 Å². The molecule has 5 nitrogen and oxygen atoms in total. The Morgan fingerprint density at radius 1 is 1.04 bits per heavy atom. The Kier molecular flexibility index (Phi) is 4.13. The van der Waals surface area contributed by atoms with Crippen LogP contribution in [0.1, 0.15) is 28.8 Å². The number of hydrogen-bond donors (Lipinski definition) is 0. The van der Waals surface area contributed by atoms with Crippen molar-refractivity contribution < 1.29 is 18.0 Å². The Balaban J connectivity index is 1.53. The molecule has 8 heteroatoms. The molecule has 2 amide bonds. The van der Waals surface area contributed by atoms with Gasteiger partial charge in [-0.25, -0.2) is 4.79 Å². The van der Waals surface area contributed by atoms with Crippen molar-refractivity contribution >= 4 is 6.03 Å². The van der Waals surface area contributed by atoms with Crippen molar-refractivity contribution in [3.63, 3.8) is 0 Å². The molecule has 0 atom stereocenters. The van der Waals surface area contributed by atoms with E-state index in [0.29, 0.717) is 30.8 Å². The molecule has 2 aromatic rings. The predicted octanol–water partition coefficient (Wildman–Crippen LogP) is 3.29. The summed E-state index contributed by atoms with van der Waals surface area (Å²) >= 11 is 0. The largest absolute Gasteiger partial charge is 0.416 e. The summed E-state index contributed by atoms with van der Waals surface area (Å²) in [5.74, 6) is 0. The molecule has 0 saturated carbocycles. The molecule has 2 aliphatic heterocycles. The second kappa shape index (κ2) is 6.34. The first-order valence-corrected chi connectivity index (χ1v) is 8.66. The number of benzene rings is 1. The Morgan fingerprint density at radius 3 is 2.65 bits per heavy atom. The lowest BCUT2D eigenvalue weighted by Gasteiger charge is -2.34. The van der Waals surface area contributed by atoms with E-state index in [1.807, 2.05) is 10.7 Å². The summed E-state index contributed by atoms with van der Waals surface area (Å²) in [7, 11) is 0. The van der Waals surface area contributed by atoms with E-state index in [1.165, 1.54) is 6.07 Å². The highest BCUT2D eigenvalue weighted by Crippen LogP contribution is 2.35. The van der Waals surface area contributed by atoms with Crippen LogP contribution in [0.25, 0.3) is 0 Å². The van der Waals surface area contributed by atoms with Gasteiger partial charge in [0, 0.05) is 32.4 Å². The topological polar surface area (TPSA) is 41.4 Å². The fourth-order valence-electron chi connectivity index (χ4n) is 3.78. The average Bonchev–Trinajstić information content (AvgIpc) is 2.96. The van der Waals surface area contributed by atoms with E-state index in [1.54, 1.807) is 22.1 Å². The van der Waals surface area contributed by atoms with Gasteiger partial charge in [0.15, 0.2) is 0 Å². The van der Waals surface area contributed by atoms with Crippen molar-refractivity contribution in [3.05, 3.63) is 52.8 Å². The van der Waals surface area contributed by atoms with Crippen LogP contribution in [0.5, 0.6) is 0 Å². The van der Waals surface area contributed by atoms with E-state index in [9.17, 15) is 18.0 Å². The maximum Gasteiger partial charge on any atom is 0.416 e. The van der Waals surface area contributed by atoms with Crippen LogP contribution in [0.3, 0.4) is 0 Å². The van der Waals surface area contributed by atoms with Crippen LogP contribution in [-0.2, 0) is 32.2 Å². The lowest BCUT2D eigenvalue weighted by Crippen LogP contribution is -2.45. The number of rotatable bonds is 0. The van der Waals surface area contributed by atoms with Crippen molar-refractivity contribution in [2.45, 2.75) is 38.7 Å². The zero-order valence-electron chi connectivity index (χ0n) is 14.2. The van der Waals surface area contributed by atoms with Gasteiger partial charge in [-0.15, -0.1) is 0 Å². The summed E-state index contributed by atoms with van der Waals surface area (Å²) in [4.78, 5) is 16.3. The lowest BCUT2D eigenvalue weighted by atomic mass is 9.94. The fourth-order valence-corrected chi connectivity index (χ4v) is 3.78. The number of amides is 2. The monoisotopic (exact) mass is 364 g/mol. The number of fused-ring (bicyclic) bond motifs is 2. The van der Waals surface area contributed by atoms with E-state index >= 15 is 0 Å². The van der Waals surface area contributed by atoms with Gasteiger partial charge in [0.1, 0.15) is 0 Å². The molecule has 2 aliphatic rings. The number of aromatic nitrogens is 2. The molecule has 26 heavy (non-hydrogen) atoms. The SMILES string of the molecule is O=C(N1CCc2c(cccc2C(F)(F)F)C1)N1CCCn2nccc2C1. The van der Waals surface area contributed by atoms with E-state index in [2.05, 4.69) is 5.10 Å². The average molecular weight is 364 g/mol. The minimum Gasteiger partial charge on any atom is -0.320 e. The zero-order valence-corrected chi connectivity index (χ0v) is 14.2. The first kappa shape index (κ1) is 16.9.